The van der Waals surface area contributed by atoms with Gasteiger partial charge in [-0.2, -0.15) is 0 Å². The van der Waals surface area contributed by atoms with Gasteiger partial charge in [0.1, 0.15) is 0 Å². The minimum Gasteiger partial charge on any atom is -0.347 e. The number of benzene rings is 1. The number of nitrogens with one attached hydrogen (secondary N) is 3. The van der Waals surface area contributed by atoms with E-state index in [0.29, 0.717) is 0 Å². The molecular formula is C16H21BrClN3O2. The van der Waals surface area contributed by atoms with Crippen LogP contribution < -0.4 is 16.0 Å². The minimum atomic E-state index is -0.198. The lowest BCUT2D eigenvalue weighted by molar-refractivity contribution is -0.125. The average molecular weight is 403 g/mol. The van der Waals surface area contributed by atoms with E-state index in [1.165, 1.54) is 0 Å². The van der Waals surface area contributed by atoms with Crippen LogP contribution >= 0.6 is 28.3 Å². The molecule has 2 aliphatic rings. The van der Waals surface area contributed by atoms with E-state index in [4.69, 9.17) is 0 Å². The van der Waals surface area contributed by atoms with Gasteiger partial charge in [-0.25, -0.2) is 0 Å². The molecule has 1 aromatic carbocycles. The summed E-state index contributed by atoms with van der Waals surface area (Å²) in [6.45, 7) is 2.02. The zero-order valence-electron chi connectivity index (χ0n) is 12.7. The summed E-state index contributed by atoms with van der Waals surface area (Å²) in [5.74, 6) is -0.0846. The van der Waals surface area contributed by atoms with Gasteiger partial charge in [-0.15, -0.1) is 12.4 Å². The molecular weight excluding hydrogens is 382 g/mol. The van der Waals surface area contributed by atoms with Crippen LogP contribution in [0.3, 0.4) is 0 Å². The number of halogens is 2. The van der Waals surface area contributed by atoms with Crippen LogP contribution in [0, 0.1) is 11.3 Å². The average Bonchev–Trinajstić information content (AvgIpc) is 3.21. The highest BCUT2D eigenvalue weighted by Gasteiger charge is 2.57. The Hall–Kier alpha value is -1.11. The van der Waals surface area contributed by atoms with E-state index < -0.39 is 0 Å². The molecule has 5 nitrogen and oxygen atoms in total. The fourth-order valence-corrected chi connectivity index (χ4v) is 3.49. The topological polar surface area (TPSA) is 70.2 Å². The first-order chi connectivity index (χ1) is 10.6. The number of piperidine rings is 1. The summed E-state index contributed by atoms with van der Waals surface area (Å²) in [7, 11) is 0. The molecule has 3 rings (SSSR count). The van der Waals surface area contributed by atoms with Crippen molar-refractivity contribution in [2.75, 3.05) is 25.0 Å². The van der Waals surface area contributed by atoms with Crippen LogP contribution in [-0.2, 0) is 9.59 Å². The molecule has 0 radical (unpaired) electrons. The predicted molar refractivity (Wildman–Crippen MR) is 95.7 cm³/mol. The highest BCUT2D eigenvalue weighted by molar-refractivity contribution is 9.10. The van der Waals surface area contributed by atoms with Crippen LogP contribution in [0.2, 0.25) is 0 Å². The van der Waals surface area contributed by atoms with Crippen LogP contribution in [-0.4, -0.2) is 31.4 Å². The van der Waals surface area contributed by atoms with Gasteiger partial charge in [0.2, 0.25) is 11.8 Å². The summed E-state index contributed by atoms with van der Waals surface area (Å²) in [5.41, 5.74) is 0.932. The molecule has 1 aromatic rings. The molecule has 0 bridgehead atoms. The van der Waals surface area contributed by atoms with Gasteiger partial charge in [0, 0.05) is 16.1 Å². The van der Waals surface area contributed by atoms with Crippen LogP contribution in [0.1, 0.15) is 19.3 Å². The number of amides is 2. The second-order valence-corrected chi connectivity index (χ2v) is 7.06. The van der Waals surface area contributed by atoms with Gasteiger partial charge in [-0.05, 0) is 62.0 Å². The van der Waals surface area contributed by atoms with Crippen molar-refractivity contribution in [2.24, 2.45) is 11.3 Å². The second-order valence-electron chi connectivity index (χ2n) is 6.14. The van der Waals surface area contributed by atoms with Crippen molar-refractivity contribution in [3.63, 3.8) is 0 Å². The molecule has 1 unspecified atom stereocenters. The van der Waals surface area contributed by atoms with E-state index in [1.807, 2.05) is 24.3 Å². The maximum atomic E-state index is 12.2. The molecule has 2 amide bonds. The van der Waals surface area contributed by atoms with Gasteiger partial charge in [-0.3, -0.25) is 9.59 Å². The first kappa shape index (κ1) is 18.2. The van der Waals surface area contributed by atoms with Crippen LogP contribution in [0.4, 0.5) is 5.69 Å². The van der Waals surface area contributed by atoms with E-state index in [9.17, 15) is 9.59 Å². The lowest BCUT2D eigenvalue weighted by Gasteiger charge is -2.23. The Kier molecular flexibility index (Phi) is 6.06. The molecule has 1 saturated carbocycles. The van der Waals surface area contributed by atoms with E-state index in [2.05, 4.69) is 31.9 Å². The summed E-state index contributed by atoms with van der Waals surface area (Å²) >= 11 is 3.35. The molecule has 3 N–H and O–H groups in total. The number of hydrogen-bond acceptors (Lipinski definition) is 3. The van der Waals surface area contributed by atoms with E-state index in [-0.39, 0.29) is 42.1 Å². The van der Waals surface area contributed by atoms with E-state index in [1.54, 1.807) is 0 Å². The van der Waals surface area contributed by atoms with Gasteiger partial charge >= 0.3 is 0 Å². The largest absolute Gasteiger partial charge is 0.347 e. The Morgan fingerprint density at radius 3 is 2.52 bits per heavy atom. The molecule has 1 heterocycles. The normalized spacial score (nSPS) is 21.2. The number of carbonyl (C=O) groups excluding carboxylic acids is 2. The SMILES string of the molecule is Cl.O=C(CNC(=O)C1CC12CCNCC2)Nc1ccc(Br)cc1. The van der Waals surface area contributed by atoms with Gasteiger partial charge in [0.05, 0.1) is 6.54 Å². The molecule has 1 aliphatic heterocycles. The Balaban J connectivity index is 0.00000192. The van der Waals surface area contributed by atoms with Crippen LogP contribution in [0.5, 0.6) is 0 Å². The van der Waals surface area contributed by atoms with Gasteiger partial charge in [-0.1, -0.05) is 15.9 Å². The molecule has 1 aliphatic carbocycles. The maximum absolute atomic E-state index is 12.2. The lowest BCUT2D eigenvalue weighted by atomic mass is 9.92. The highest BCUT2D eigenvalue weighted by atomic mass is 79.9. The molecule has 1 atom stereocenters. The summed E-state index contributed by atoms with van der Waals surface area (Å²) in [5, 5.41) is 8.86. The third-order valence-corrected chi connectivity index (χ3v) is 5.19. The van der Waals surface area contributed by atoms with Crippen molar-refractivity contribution in [1.82, 2.24) is 10.6 Å². The predicted octanol–water partition coefficient (Wildman–Crippen LogP) is 2.32. The quantitative estimate of drug-likeness (QED) is 0.724. The molecule has 1 saturated heterocycles. The fraction of sp³-hybridized carbons (Fsp3) is 0.500. The van der Waals surface area contributed by atoms with Crippen molar-refractivity contribution in [1.29, 1.82) is 0 Å². The number of rotatable bonds is 4. The Bertz CT molecular complexity index is 573. The third-order valence-electron chi connectivity index (χ3n) is 4.66. The summed E-state index contributed by atoms with van der Waals surface area (Å²) in [4.78, 5) is 24.0. The number of anilines is 1. The molecule has 1 spiro atoms. The maximum Gasteiger partial charge on any atom is 0.243 e. The molecule has 126 valence electrons. The minimum absolute atomic E-state index is 0. The smallest absolute Gasteiger partial charge is 0.243 e. The first-order valence-corrected chi connectivity index (χ1v) is 8.42. The molecule has 7 heteroatoms. The fourth-order valence-electron chi connectivity index (χ4n) is 3.22. The van der Waals surface area contributed by atoms with Crippen molar-refractivity contribution < 1.29 is 9.59 Å². The zero-order valence-corrected chi connectivity index (χ0v) is 15.1. The Morgan fingerprint density at radius 2 is 1.87 bits per heavy atom. The van der Waals surface area contributed by atoms with Gasteiger partial charge < -0.3 is 16.0 Å². The molecule has 0 aromatic heterocycles. The monoisotopic (exact) mass is 401 g/mol. The first-order valence-electron chi connectivity index (χ1n) is 7.63. The van der Waals surface area contributed by atoms with Crippen molar-refractivity contribution in [3.8, 4) is 0 Å². The van der Waals surface area contributed by atoms with Crippen LogP contribution in [0.15, 0.2) is 28.7 Å². The second kappa shape index (κ2) is 7.64. The summed E-state index contributed by atoms with van der Waals surface area (Å²) in [6, 6.07) is 7.35. The molecule has 23 heavy (non-hydrogen) atoms. The summed E-state index contributed by atoms with van der Waals surface area (Å²) < 4.78 is 0.958. The molecule has 2 fully saturated rings. The van der Waals surface area contributed by atoms with E-state index >= 15 is 0 Å². The third kappa shape index (κ3) is 4.46. The Labute approximate surface area is 150 Å². The summed E-state index contributed by atoms with van der Waals surface area (Å²) in [6.07, 6.45) is 3.10. The van der Waals surface area contributed by atoms with Gasteiger partial charge in [0.25, 0.3) is 0 Å². The van der Waals surface area contributed by atoms with Crippen molar-refractivity contribution in [2.45, 2.75) is 19.3 Å². The Morgan fingerprint density at radius 1 is 1.22 bits per heavy atom. The highest BCUT2D eigenvalue weighted by Crippen LogP contribution is 2.58. The number of carbonyl (C=O) groups is 2. The van der Waals surface area contributed by atoms with Crippen molar-refractivity contribution in [3.05, 3.63) is 28.7 Å². The van der Waals surface area contributed by atoms with Crippen LogP contribution in [0.25, 0.3) is 0 Å². The van der Waals surface area contributed by atoms with E-state index in [0.717, 1.165) is 42.5 Å². The number of hydrogen-bond donors (Lipinski definition) is 3. The standard InChI is InChI=1S/C16H20BrN3O2.ClH/c17-11-1-3-12(4-2-11)20-14(21)10-19-15(22)13-9-16(13)5-7-18-8-6-16;/h1-4,13,18H,5-10H2,(H,19,22)(H,20,21);1H. The van der Waals surface area contributed by atoms with Gasteiger partial charge in [0.15, 0.2) is 0 Å². The van der Waals surface area contributed by atoms with Crippen molar-refractivity contribution >= 4 is 45.8 Å². The zero-order chi connectivity index (χ0) is 15.6. The lowest BCUT2D eigenvalue weighted by Crippen LogP contribution is -2.37.